The van der Waals surface area contributed by atoms with E-state index in [1.54, 1.807) is 7.05 Å². The summed E-state index contributed by atoms with van der Waals surface area (Å²) in [6.07, 6.45) is 1.38. The zero-order chi connectivity index (χ0) is 18.8. The number of carbonyl (C=O) groups is 1. The monoisotopic (exact) mass is 372 g/mol. The van der Waals surface area contributed by atoms with Crippen molar-refractivity contribution in [1.82, 2.24) is 10.6 Å². The molecule has 0 aromatic heterocycles. The van der Waals surface area contributed by atoms with Crippen LogP contribution in [-0.2, 0) is 17.9 Å². The van der Waals surface area contributed by atoms with Crippen LogP contribution < -0.4 is 16.0 Å². The molecule has 0 fully saturated rings. The van der Waals surface area contributed by atoms with Gasteiger partial charge in [0.25, 0.3) is 0 Å². The van der Waals surface area contributed by atoms with Crippen LogP contribution in [0, 0.1) is 0 Å². The molecule has 0 saturated heterocycles. The van der Waals surface area contributed by atoms with Crippen LogP contribution in [-0.4, -0.2) is 18.9 Å². The number of aliphatic imine (C=N–C) groups is 1. The molecule has 2 rings (SSSR count). The van der Waals surface area contributed by atoms with Crippen molar-refractivity contribution in [2.24, 2.45) is 4.99 Å². The van der Waals surface area contributed by atoms with Crippen LogP contribution in [0.5, 0.6) is 0 Å². The highest BCUT2D eigenvalue weighted by atomic mass is 35.5. The van der Waals surface area contributed by atoms with Gasteiger partial charge in [-0.05, 0) is 41.8 Å². The summed E-state index contributed by atoms with van der Waals surface area (Å²) in [5.74, 6) is 0.759. The Bertz CT molecular complexity index is 744. The van der Waals surface area contributed by atoms with Gasteiger partial charge >= 0.3 is 0 Å². The maximum atomic E-state index is 11.6. The lowest BCUT2D eigenvalue weighted by molar-refractivity contribution is -0.116. The van der Waals surface area contributed by atoms with Crippen molar-refractivity contribution >= 4 is 29.2 Å². The molecule has 0 unspecified atom stereocenters. The summed E-state index contributed by atoms with van der Waals surface area (Å²) >= 11 is 6.00. The van der Waals surface area contributed by atoms with E-state index in [9.17, 15) is 4.79 Å². The van der Waals surface area contributed by atoms with Crippen molar-refractivity contribution in [2.45, 2.75) is 32.9 Å². The molecular weight excluding hydrogens is 348 g/mol. The fourth-order valence-electron chi connectivity index (χ4n) is 2.40. The Balaban J connectivity index is 1.81. The third-order valence-electron chi connectivity index (χ3n) is 3.75. The van der Waals surface area contributed by atoms with E-state index in [2.05, 4.69) is 20.9 Å². The van der Waals surface area contributed by atoms with Crippen LogP contribution >= 0.6 is 11.6 Å². The predicted molar refractivity (Wildman–Crippen MR) is 108 cm³/mol. The number of nitrogens with one attached hydrogen (secondary N) is 3. The molecule has 0 atom stereocenters. The lowest BCUT2D eigenvalue weighted by atomic mass is 10.2. The summed E-state index contributed by atoms with van der Waals surface area (Å²) < 4.78 is 0. The number of benzene rings is 2. The quantitative estimate of drug-likeness (QED) is 0.509. The molecule has 0 bridgehead atoms. The maximum Gasteiger partial charge on any atom is 0.224 e. The number of amides is 1. The van der Waals surface area contributed by atoms with E-state index in [0.29, 0.717) is 25.5 Å². The molecular formula is C20H25ClN4O. The van der Waals surface area contributed by atoms with Crippen LogP contribution in [0.3, 0.4) is 0 Å². The Labute approximate surface area is 159 Å². The molecule has 26 heavy (non-hydrogen) atoms. The van der Waals surface area contributed by atoms with Crippen molar-refractivity contribution in [2.75, 3.05) is 12.4 Å². The van der Waals surface area contributed by atoms with Gasteiger partial charge in [-0.1, -0.05) is 42.8 Å². The van der Waals surface area contributed by atoms with Crippen molar-refractivity contribution in [1.29, 1.82) is 0 Å². The standard InChI is InChI=1S/C20H25ClN4O/c1-3-5-19(26)25-18-10-8-15(9-11-18)13-23-20(22-2)24-14-16-6-4-7-17(21)12-16/h4,6-12H,3,5,13-14H2,1-2H3,(H,25,26)(H2,22,23,24). The second kappa shape index (κ2) is 10.5. The molecule has 6 heteroatoms. The predicted octanol–water partition coefficient (Wildman–Crippen LogP) is 3.94. The smallest absolute Gasteiger partial charge is 0.224 e. The van der Waals surface area contributed by atoms with E-state index in [0.717, 1.165) is 28.3 Å². The zero-order valence-corrected chi connectivity index (χ0v) is 15.9. The van der Waals surface area contributed by atoms with Gasteiger partial charge in [-0.2, -0.15) is 0 Å². The third-order valence-corrected chi connectivity index (χ3v) is 3.98. The summed E-state index contributed by atoms with van der Waals surface area (Å²) in [6.45, 7) is 3.27. The highest BCUT2D eigenvalue weighted by Crippen LogP contribution is 2.11. The molecule has 0 aliphatic carbocycles. The minimum atomic E-state index is 0.0454. The number of anilines is 1. The number of halogens is 1. The minimum absolute atomic E-state index is 0.0454. The first-order valence-corrected chi connectivity index (χ1v) is 9.06. The van der Waals surface area contributed by atoms with Gasteiger partial charge in [-0.3, -0.25) is 9.79 Å². The number of nitrogens with zero attached hydrogens (tertiary/aromatic N) is 1. The minimum Gasteiger partial charge on any atom is -0.352 e. The first-order chi connectivity index (χ1) is 12.6. The highest BCUT2D eigenvalue weighted by Gasteiger charge is 2.02. The van der Waals surface area contributed by atoms with E-state index >= 15 is 0 Å². The van der Waals surface area contributed by atoms with Crippen LogP contribution in [0.2, 0.25) is 5.02 Å². The van der Waals surface area contributed by atoms with Crippen molar-refractivity contribution in [3.8, 4) is 0 Å². The first kappa shape index (κ1) is 19.8. The van der Waals surface area contributed by atoms with Gasteiger partial charge in [0.2, 0.25) is 5.91 Å². The van der Waals surface area contributed by atoms with Gasteiger partial charge in [0, 0.05) is 37.3 Å². The fraction of sp³-hybridized carbons (Fsp3) is 0.300. The van der Waals surface area contributed by atoms with E-state index in [1.807, 2.05) is 55.5 Å². The average molecular weight is 373 g/mol. The number of rotatable bonds is 7. The summed E-state index contributed by atoms with van der Waals surface area (Å²) in [4.78, 5) is 15.8. The van der Waals surface area contributed by atoms with Crippen molar-refractivity contribution in [3.63, 3.8) is 0 Å². The van der Waals surface area contributed by atoms with Gasteiger partial charge < -0.3 is 16.0 Å². The molecule has 0 aliphatic heterocycles. The normalized spacial score (nSPS) is 11.1. The van der Waals surface area contributed by atoms with Gasteiger partial charge in [0.15, 0.2) is 5.96 Å². The highest BCUT2D eigenvalue weighted by molar-refractivity contribution is 6.30. The fourth-order valence-corrected chi connectivity index (χ4v) is 2.61. The van der Waals surface area contributed by atoms with Crippen LogP contribution in [0.1, 0.15) is 30.9 Å². The molecule has 0 spiro atoms. The molecule has 1 amide bonds. The van der Waals surface area contributed by atoms with E-state index < -0.39 is 0 Å². The Hall–Kier alpha value is -2.53. The summed E-state index contributed by atoms with van der Waals surface area (Å²) in [5, 5.41) is 10.1. The zero-order valence-electron chi connectivity index (χ0n) is 15.2. The summed E-state index contributed by atoms with van der Waals surface area (Å²) in [7, 11) is 1.74. The largest absolute Gasteiger partial charge is 0.352 e. The average Bonchev–Trinajstić information content (AvgIpc) is 2.63. The summed E-state index contributed by atoms with van der Waals surface area (Å²) in [5.41, 5.74) is 3.01. The van der Waals surface area contributed by atoms with E-state index in [-0.39, 0.29) is 5.91 Å². The summed E-state index contributed by atoms with van der Waals surface area (Å²) in [6, 6.07) is 15.5. The topological polar surface area (TPSA) is 65.5 Å². The molecule has 138 valence electrons. The third kappa shape index (κ3) is 6.76. The Morgan fingerprint density at radius 2 is 1.73 bits per heavy atom. The molecule has 2 aromatic carbocycles. The van der Waals surface area contributed by atoms with Gasteiger partial charge in [0.05, 0.1) is 0 Å². The lowest BCUT2D eigenvalue weighted by Crippen LogP contribution is -2.36. The number of carbonyl (C=O) groups excluding carboxylic acids is 1. The molecule has 0 heterocycles. The lowest BCUT2D eigenvalue weighted by Gasteiger charge is -2.12. The molecule has 2 aromatic rings. The van der Waals surface area contributed by atoms with Crippen molar-refractivity contribution in [3.05, 3.63) is 64.7 Å². The number of hydrogen-bond donors (Lipinski definition) is 3. The van der Waals surface area contributed by atoms with E-state index in [1.165, 1.54) is 0 Å². The van der Waals surface area contributed by atoms with Gasteiger partial charge in [-0.25, -0.2) is 0 Å². The van der Waals surface area contributed by atoms with Gasteiger partial charge in [-0.15, -0.1) is 0 Å². The van der Waals surface area contributed by atoms with Crippen molar-refractivity contribution < 1.29 is 4.79 Å². The number of guanidine groups is 1. The molecule has 0 saturated carbocycles. The second-order valence-electron chi connectivity index (χ2n) is 5.90. The molecule has 0 aliphatic rings. The SMILES string of the molecule is CCCC(=O)Nc1ccc(CNC(=NC)NCc2cccc(Cl)c2)cc1. The van der Waals surface area contributed by atoms with Crippen LogP contribution in [0.25, 0.3) is 0 Å². The number of hydrogen-bond acceptors (Lipinski definition) is 2. The Morgan fingerprint density at radius 3 is 2.35 bits per heavy atom. The molecule has 5 nitrogen and oxygen atoms in total. The van der Waals surface area contributed by atoms with Crippen LogP contribution in [0.4, 0.5) is 5.69 Å². The first-order valence-electron chi connectivity index (χ1n) is 8.68. The van der Waals surface area contributed by atoms with Crippen LogP contribution in [0.15, 0.2) is 53.5 Å². The van der Waals surface area contributed by atoms with E-state index in [4.69, 9.17) is 11.6 Å². The molecule has 0 radical (unpaired) electrons. The van der Waals surface area contributed by atoms with Gasteiger partial charge in [0.1, 0.15) is 0 Å². The maximum absolute atomic E-state index is 11.6. The second-order valence-corrected chi connectivity index (χ2v) is 6.34. The Morgan fingerprint density at radius 1 is 1.04 bits per heavy atom. The molecule has 3 N–H and O–H groups in total. The Kier molecular flexibility index (Phi) is 7.96.